The normalized spacial score (nSPS) is 15.4. The molecular weight excluding hydrogens is 369 g/mol. The highest BCUT2D eigenvalue weighted by molar-refractivity contribution is 6.36. The van der Waals surface area contributed by atoms with Gasteiger partial charge >= 0.3 is 0 Å². The summed E-state index contributed by atoms with van der Waals surface area (Å²) < 4.78 is 1.85. The fraction of sp³-hybridized carbons (Fsp3) is 0.350. The maximum Gasteiger partial charge on any atom is 0.273 e. The van der Waals surface area contributed by atoms with Gasteiger partial charge in [-0.1, -0.05) is 36.2 Å². The zero-order valence-electron chi connectivity index (χ0n) is 14.7. The van der Waals surface area contributed by atoms with Crippen molar-refractivity contribution in [3.05, 3.63) is 56.6 Å². The van der Waals surface area contributed by atoms with Gasteiger partial charge in [0.05, 0.1) is 0 Å². The smallest absolute Gasteiger partial charge is 0.273 e. The molecule has 0 aliphatic heterocycles. The largest absolute Gasteiger partial charge is 0.286 e. The highest BCUT2D eigenvalue weighted by Gasteiger charge is 2.33. The molecule has 26 heavy (non-hydrogen) atoms. The van der Waals surface area contributed by atoms with Crippen LogP contribution in [0.1, 0.15) is 37.9 Å². The first-order valence-electron chi connectivity index (χ1n) is 8.84. The van der Waals surface area contributed by atoms with Crippen molar-refractivity contribution in [3.63, 3.8) is 0 Å². The minimum atomic E-state index is -0.0527. The lowest BCUT2D eigenvalue weighted by atomic mass is 10.0. The predicted molar refractivity (Wildman–Crippen MR) is 106 cm³/mol. The Morgan fingerprint density at radius 2 is 2.00 bits per heavy atom. The zero-order valence-corrected chi connectivity index (χ0v) is 16.2. The van der Waals surface area contributed by atoms with E-state index in [1.165, 1.54) is 0 Å². The third-order valence-corrected chi connectivity index (χ3v) is 5.63. The number of hydrogen-bond acceptors (Lipinski definition) is 3. The molecule has 0 bridgehead atoms. The van der Waals surface area contributed by atoms with Crippen molar-refractivity contribution in [1.82, 2.24) is 14.5 Å². The van der Waals surface area contributed by atoms with Crippen molar-refractivity contribution in [2.75, 3.05) is 0 Å². The van der Waals surface area contributed by atoms with Crippen LogP contribution in [0.5, 0.6) is 0 Å². The minimum Gasteiger partial charge on any atom is -0.286 e. The van der Waals surface area contributed by atoms with Gasteiger partial charge in [0.2, 0.25) is 0 Å². The Kier molecular flexibility index (Phi) is 4.49. The average molecular weight is 388 g/mol. The third kappa shape index (κ3) is 2.91. The summed E-state index contributed by atoms with van der Waals surface area (Å²) in [7, 11) is 0. The molecule has 4 nitrogen and oxygen atoms in total. The van der Waals surface area contributed by atoms with E-state index < -0.39 is 0 Å². The maximum absolute atomic E-state index is 12.9. The summed E-state index contributed by atoms with van der Waals surface area (Å²) in [4.78, 5) is 22.0. The Labute approximate surface area is 161 Å². The van der Waals surface area contributed by atoms with E-state index in [1.807, 2.05) is 16.7 Å². The van der Waals surface area contributed by atoms with E-state index in [1.54, 1.807) is 25.3 Å². The van der Waals surface area contributed by atoms with Gasteiger partial charge in [-0.15, -0.1) is 0 Å². The molecule has 1 saturated carbocycles. The number of halogens is 2. The summed E-state index contributed by atoms with van der Waals surface area (Å²) in [6.45, 7) is 3.88. The monoisotopic (exact) mass is 387 g/mol. The number of aryl methyl sites for hydroxylation is 1. The Morgan fingerprint density at radius 3 is 2.65 bits per heavy atom. The van der Waals surface area contributed by atoms with Gasteiger partial charge in [0, 0.05) is 33.4 Å². The second-order valence-corrected chi connectivity index (χ2v) is 7.68. The molecule has 0 unspecified atom stereocenters. The second-order valence-electron chi connectivity index (χ2n) is 6.84. The average Bonchev–Trinajstić information content (AvgIpc) is 3.44. The Balaban J connectivity index is 2.03. The van der Waals surface area contributed by atoms with Crippen LogP contribution in [0.2, 0.25) is 10.0 Å². The number of fused-ring (bicyclic) bond motifs is 1. The number of rotatable bonds is 4. The topological polar surface area (TPSA) is 47.8 Å². The molecule has 0 radical (unpaired) electrons. The lowest BCUT2D eigenvalue weighted by Crippen LogP contribution is -2.29. The van der Waals surface area contributed by atoms with E-state index in [0.717, 1.165) is 30.4 Å². The van der Waals surface area contributed by atoms with Crippen LogP contribution in [0.15, 0.2) is 35.3 Å². The highest BCUT2D eigenvalue weighted by Crippen LogP contribution is 2.42. The molecule has 3 aromatic rings. The predicted octanol–water partition coefficient (Wildman–Crippen LogP) is 5.43. The van der Waals surface area contributed by atoms with Gasteiger partial charge in [-0.3, -0.25) is 9.36 Å². The molecule has 4 rings (SSSR count). The maximum atomic E-state index is 12.9. The van der Waals surface area contributed by atoms with Crippen LogP contribution in [0.25, 0.3) is 22.3 Å². The van der Waals surface area contributed by atoms with Crippen LogP contribution >= 0.6 is 23.2 Å². The van der Waals surface area contributed by atoms with Crippen LogP contribution in [-0.2, 0) is 0 Å². The Morgan fingerprint density at radius 1 is 1.23 bits per heavy atom. The van der Waals surface area contributed by atoms with Crippen molar-refractivity contribution >= 4 is 34.4 Å². The second kappa shape index (κ2) is 6.67. The molecule has 0 N–H and O–H groups in total. The van der Waals surface area contributed by atoms with Crippen LogP contribution in [0.3, 0.4) is 0 Å². The lowest BCUT2D eigenvalue weighted by Gasteiger charge is -2.21. The van der Waals surface area contributed by atoms with Crippen LogP contribution in [0, 0.1) is 12.8 Å². The highest BCUT2D eigenvalue weighted by atomic mass is 35.5. The van der Waals surface area contributed by atoms with Crippen molar-refractivity contribution in [2.24, 2.45) is 5.92 Å². The Bertz CT molecular complexity index is 1060. The van der Waals surface area contributed by atoms with Gasteiger partial charge in [0.1, 0.15) is 11.2 Å². The van der Waals surface area contributed by atoms with E-state index in [2.05, 4.69) is 16.9 Å². The SMILES string of the molecule is CC[C@H](C1CC1)n1c(=O)c(C)nc2c(-c3ccc(Cl)cc3Cl)ccnc21. The van der Waals surface area contributed by atoms with E-state index in [-0.39, 0.29) is 11.6 Å². The van der Waals surface area contributed by atoms with E-state index in [4.69, 9.17) is 23.2 Å². The van der Waals surface area contributed by atoms with Gasteiger partial charge in [-0.25, -0.2) is 9.97 Å². The van der Waals surface area contributed by atoms with E-state index >= 15 is 0 Å². The third-order valence-electron chi connectivity index (χ3n) is 5.08. The molecule has 1 fully saturated rings. The van der Waals surface area contributed by atoms with Crippen molar-refractivity contribution in [1.29, 1.82) is 0 Å². The molecule has 1 aliphatic rings. The van der Waals surface area contributed by atoms with Crippen LogP contribution < -0.4 is 5.56 Å². The summed E-state index contributed by atoms with van der Waals surface area (Å²) in [5.41, 5.74) is 3.45. The molecule has 0 saturated heterocycles. The molecule has 2 heterocycles. The molecule has 1 aromatic carbocycles. The van der Waals surface area contributed by atoms with Crippen LogP contribution in [0.4, 0.5) is 0 Å². The Hall–Kier alpha value is -1.91. The molecule has 2 aromatic heterocycles. The van der Waals surface area contributed by atoms with Gasteiger partial charge in [-0.2, -0.15) is 0 Å². The first-order valence-corrected chi connectivity index (χ1v) is 9.60. The van der Waals surface area contributed by atoms with E-state index in [0.29, 0.717) is 32.8 Å². The van der Waals surface area contributed by atoms with Crippen LogP contribution in [-0.4, -0.2) is 14.5 Å². The fourth-order valence-corrected chi connectivity index (χ4v) is 4.17. The number of aromatic nitrogens is 3. The minimum absolute atomic E-state index is 0.0527. The number of nitrogens with zero attached hydrogens (tertiary/aromatic N) is 3. The number of pyridine rings is 1. The molecule has 0 amide bonds. The molecule has 134 valence electrons. The van der Waals surface area contributed by atoms with E-state index in [9.17, 15) is 4.79 Å². The molecule has 1 aliphatic carbocycles. The van der Waals surface area contributed by atoms with Crippen molar-refractivity contribution in [2.45, 2.75) is 39.2 Å². The van der Waals surface area contributed by atoms with Gasteiger partial charge in [-0.05, 0) is 50.3 Å². The van der Waals surface area contributed by atoms with Crippen molar-refractivity contribution in [3.8, 4) is 11.1 Å². The van der Waals surface area contributed by atoms with Gasteiger partial charge < -0.3 is 0 Å². The summed E-state index contributed by atoms with van der Waals surface area (Å²) in [6, 6.07) is 7.44. The quantitative estimate of drug-likeness (QED) is 0.598. The summed E-state index contributed by atoms with van der Waals surface area (Å²) >= 11 is 12.5. The summed E-state index contributed by atoms with van der Waals surface area (Å²) in [6.07, 6.45) is 4.94. The first-order chi connectivity index (χ1) is 12.5. The zero-order chi connectivity index (χ0) is 18.4. The molecule has 6 heteroatoms. The fourth-order valence-electron chi connectivity index (χ4n) is 3.66. The standard InChI is InChI=1S/C20H19Cl2N3O/c1-3-17(12-4-5-12)25-19-18(24-11(2)20(25)26)15(8-9-23-19)14-7-6-13(21)10-16(14)22/h6-10,12,17H,3-5H2,1-2H3/t17-/m1/s1. The molecular formula is C20H19Cl2N3O. The lowest BCUT2D eigenvalue weighted by molar-refractivity contribution is 0.428. The van der Waals surface area contributed by atoms with Gasteiger partial charge in [0.15, 0.2) is 5.65 Å². The summed E-state index contributed by atoms with van der Waals surface area (Å²) in [5.74, 6) is 0.548. The van der Waals surface area contributed by atoms with Gasteiger partial charge in [0.25, 0.3) is 5.56 Å². The number of benzene rings is 1. The first kappa shape index (κ1) is 17.5. The summed E-state index contributed by atoms with van der Waals surface area (Å²) in [5, 5.41) is 1.13. The number of hydrogen-bond donors (Lipinski definition) is 0. The van der Waals surface area contributed by atoms with Crippen molar-refractivity contribution < 1.29 is 0 Å². The molecule has 1 atom stereocenters. The molecule has 0 spiro atoms.